The number of hydrogen-bond acceptors (Lipinski definition) is 2. The highest BCUT2D eigenvalue weighted by Crippen LogP contribution is 2.16. The summed E-state index contributed by atoms with van der Waals surface area (Å²) in [7, 11) is 0. The Morgan fingerprint density at radius 2 is 1.90 bits per heavy atom. The van der Waals surface area contributed by atoms with Crippen molar-refractivity contribution in [3.05, 3.63) is 65.2 Å². The molecule has 0 unspecified atom stereocenters. The molecule has 3 nitrogen and oxygen atoms in total. The number of hydrogen-bond donors (Lipinski definition) is 2. The Morgan fingerprint density at radius 1 is 1.14 bits per heavy atom. The highest BCUT2D eigenvalue weighted by molar-refractivity contribution is 6.04. The van der Waals surface area contributed by atoms with E-state index in [1.807, 2.05) is 0 Å². The molecule has 0 aliphatic carbocycles. The molecule has 0 heterocycles. The largest absolute Gasteiger partial charge is 0.384 e. The average Bonchev–Trinajstić information content (AvgIpc) is 2.49. The molecule has 1 amide bonds. The first-order valence-corrected chi connectivity index (χ1v) is 6.07. The van der Waals surface area contributed by atoms with Crippen LogP contribution in [-0.2, 0) is 0 Å². The van der Waals surface area contributed by atoms with Crippen molar-refractivity contribution in [2.24, 2.45) is 0 Å². The van der Waals surface area contributed by atoms with Crippen LogP contribution in [0.1, 0.15) is 15.9 Å². The third-order valence-electron chi connectivity index (χ3n) is 2.66. The molecular formula is C16H11F2NO2. The average molecular weight is 287 g/mol. The number of nitrogens with one attached hydrogen (secondary N) is 1. The first-order chi connectivity index (χ1) is 10.1. The lowest BCUT2D eigenvalue weighted by molar-refractivity contribution is 0.102. The topological polar surface area (TPSA) is 49.3 Å². The van der Waals surface area contributed by atoms with E-state index in [4.69, 9.17) is 5.11 Å². The second-order valence-electron chi connectivity index (χ2n) is 4.09. The zero-order chi connectivity index (χ0) is 15.2. The van der Waals surface area contributed by atoms with E-state index in [9.17, 15) is 13.6 Å². The number of anilines is 1. The fourth-order valence-electron chi connectivity index (χ4n) is 1.67. The molecule has 5 heteroatoms. The molecule has 0 radical (unpaired) electrons. The Bertz CT molecular complexity index is 733. The van der Waals surface area contributed by atoms with Gasteiger partial charge in [-0.3, -0.25) is 4.79 Å². The van der Waals surface area contributed by atoms with Gasteiger partial charge in [0.25, 0.3) is 5.91 Å². The third kappa shape index (κ3) is 3.65. The van der Waals surface area contributed by atoms with Gasteiger partial charge in [0, 0.05) is 11.1 Å². The van der Waals surface area contributed by atoms with Gasteiger partial charge >= 0.3 is 0 Å². The van der Waals surface area contributed by atoms with Crippen LogP contribution in [0.4, 0.5) is 14.5 Å². The molecular weight excluding hydrogens is 276 g/mol. The molecule has 0 spiro atoms. The van der Waals surface area contributed by atoms with Crippen LogP contribution in [0.25, 0.3) is 0 Å². The Morgan fingerprint density at radius 3 is 2.62 bits per heavy atom. The van der Waals surface area contributed by atoms with Crippen molar-refractivity contribution < 1.29 is 18.7 Å². The highest BCUT2D eigenvalue weighted by atomic mass is 19.2. The summed E-state index contributed by atoms with van der Waals surface area (Å²) < 4.78 is 26.0. The highest BCUT2D eigenvalue weighted by Gasteiger charge is 2.11. The van der Waals surface area contributed by atoms with Gasteiger partial charge < -0.3 is 10.4 Å². The van der Waals surface area contributed by atoms with Gasteiger partial charge in [-0.25, -0.2) is 8.78 Å². The van der Waals surface area contributed by atoms with E-state index in [0.29, 0.717) is 11.3 Å². The Labute approximate surface area is 120 Å². The number of rotatable bonds is 2. The summed E-state index contributed by atoms with van der Waals surface area (Å²) in [5, 5.41) is 11.3. The van der Waals surface area contributed by atoms with E-state index in [1.165, 1.54) is 6.07 Å². The minimum atomic E-state index is -1.09. The Kier molecular flexibility index (Phi) is 4.64. The molecule has 0 atom stereocenters. The van der Waals surface area contributed by atoms with Crippen LogP contribution in [0.15, 0.2) is 42.5 Å². The third-order valence-corrected chi connectivity index (χ3v) is 2.66. The van der Waals surface area contributed by atoms with E-state index in [0.717, 1.165) is 12.1 Å². The lowest BCUT2D eigenvalue weighted by Crippen LogP contribution is -2.13. The molecule has 21 heavy (non-hydrogen) atoms. The summed E-state index contributed by atoms with van der Waals surface area (Å²) in [4.78, 5) is 12.0. The number of carbonyl (C=O) groups is 1. The van der Waals surface area contributed by atoms with Crippen LogP contribution in [0.5, 0.6) is 0 Å². The lowest BCUT2D eigenvalue weighted by atomic mass is 10.1. The molecule has 106 valence electrons. The minimum absolute atomic E-state index is 0.00109. The van der Waals surface area contributed by atoms with E-state index < -0.39 is 17.5 Å². The number of amides is 1. The van der Waals surface area contributed by atoms with Gasteiger partial charge in [-0.05, 0) is 30.3 Å². The van der Waals surface area contributed by atoms with Gasteiger partial charge in [-0.2, -0.15) is 0 Å². The van der Waals surface area contributed by atoms with Crippen molar-refractivity contribution in [1.82, 2.24) is 0 Å². The molecule has 2 rings (SSSR count). The number of aliphatic hydroxyl groups is 1. The van der Waals surface area contributed by atoms with Crippen LogP contribution in [0.2, 0.25) is 0 Å². The number of carbonyl (C=O) groups excluding carboxylic acids is 1. The van der Waals surface area contributed by atoms with E-state index in [1.54, 1.807) is 24.3 Å². The second kappa shape index (κ2) is 6.64. The predicted molar refractivity (Wildman–Crippen MR) is 74.7 cm³/mol. The standard InChI is InChI=1S/C16H11F2NO2/c17-13-8-7-12(10-14(13)18)16(21)19-15-6-2-1-4-11(15)5-3-9-20/h1-2,4,6-8,10,20H,9H2,(H,19,21). The molecule has 0 saturated heterocycles. The Hall–Kier alpha value is -2.71. The monoisotopic (exact) mass is 287 g/mol. The van der Waals surface area contributed by atoms with E-state index >= 15 is 0 Å². The summed E-state index contributed by atoms with van der Waals surface area (Å²) in [5.74, 6) is 2.49. The smallest absolute Gasteiger partial charge is 0.255 e. The van der Waals surface area contributed by atoms with Gasteiger partial charge in [-0.1, -0.05) is 24.0 Å². The summed E-state index contributed by atoms with van der Waals surface area (Å²) in [6.07, 6.45) is 0. The van der Waals surface area contributed by atoms with Gasteiger partial charge in [0.05, 0.1) is 5.69 Å². The quantitative estimate of drug-likeness (QED) is 0.834. The van der Waals surface area contributed by atoms with Crippen molar-refractivity contribution in [3.8, 4) is 11.8 Å². The van der Waals surface area contributed by atoms with Crippen LogP contribution in [0, 0.1) is 23.5 Å². The molecule has 0 bridgehead atoms. The zero-order valence-electron chi connectivity index (χ0n) is 10.9. The number of para-hydroxylation sites is 1. The maximum Gasteiger partial charge on any atom is 0.255 e. The fraction of sp³-hybridized carbons (Fsp3) is 0.0625. The first-order valence-electron chi connectivity index (χ1n) is 6.07. The number of aliphatic hydroxyl groups excluding tert-OH is 1. The Balaban J connectivity index is 2.25. The van der Waals surface area contributed by atoms with Crippen molar-refractivity contribution in [1.29, 1.82) is 0 Å². The molecule has 2 aromatic rings. The normalized spacial score (nSPS) is 9.67. The van der Waals surface area contributed by atoms with Crippen LogP contribution in [0.3, 0.4) is 0 Å². The molecule has 0 fully saturated rings. The fourth-order valence-corrected chi connectivity index (χ4v) is 1.67. The van der Waals surface area contributed by atoms with Gasteiger partial charge in [0.1, 0.15) is 6.61 Å². The van der Waals surface area contributed by atoms with E-state index in [-0.39, 0.29) is 12.2 Å². The maximum absolute atomic E-state index is 13.1. The first kappa shape index (κ1) is 14.7. The van der Waals surface area contributed by atoms with Crippen LogP contribution in [-0.4, -0.2) is 17.6 Å². The molecule has 0 aliphatic heterocycles. The summed E-state index contributed by atoms with van der Waals surface area (Å²) in [6, 6.07) is 9.63. The zero-order valence-corrected chi connectivity index (χ0v) is 10.9. The summed E-state index contributed by atoms with van der Waals surface area (Å²) in [5.41, 5.74) is 0.939. The van der Waals surface area contributed by atoms with Gasteiger partial charge in [0.2, 0.25) is 0 Å². The summed E-state index contributed by atoms with van der Waals surface area (Å²) >= 11 is 0. The SMILES string of the molecule is O=C(Nc1ccccc1C#CCO)c1ccc(F)c(F)c1. The molecule has 0 saturated carbocycles. The van der Waals surface area contributed by atoms with Crippen LogP contribution >= 0.6 is 0 Å². The summed E-state index contributed by atoms with van der Waals surface area (Å²) in [6.45, 7) is -0.300. The maximum atomic E-state index is 13.1. The number of halogens is 2. The molecule has 2 aromatic carbocycles. The predicted octanol–water partition coefficient (Wildman–Crippen LogP) is 2.56. The van der Waals surface area contributed by atoms with Crippen molar-refractivity contribution in [2.45, 2.75) is 0 Å². The molecule has 0 aliphatic rings. The van der Waals surface area contributed by atoms with E-state index in [2.05, 4.69) is 17.2 Å². The lowest BCUT2D eigenvalue weighted by Gasteiger charge is -2.07. The molecule has 0 aromatic heterocycles. The van der Waals surface area contributed by atoms with Gasteiger partial charge in [-0.15, -0.1) is 0 Å². The van der Waals surface area contributed by atoms with Gasteiger partial charge in [0.15, 0.2) is 11.6 Å². The van der Waals surface area contributed by atoms with Crippen molar-refractivity contribution >= 4 is 11.6 Å². The molecule has 2 N–H and O–H groups in total. The van der Waals surface area contributed by atoms with Crippen LogP contribution < -0.4 is 5.32 Å². The minimum Gasteiger partial charge on any atom is -0.384 e. The van der Waals surface area contributed by atoms with Crippen molar-refractivity contribution in [3.63, 3.8) is 0 Å². The van der Waals surface area contributed by atoms with Crippen molar-refractivity contribution in [2.75, 3.05) is 11.9 Å². The number of benzene rings is 2. The second-order valence-corrected chi connectivity index (χ2v) is 4.09.